The molecule has 1 aromatic rings. The number of methoxy groups -OCH3 is 2. The van der Waals surface area contributed by atoms with E-state index in [1.165, 1.54) is 22.4 Å². The fraction of sp³-hybridized carbons (Fsp3) is 0.476. The van der Waals surface area contributed by atoms with Crippen molar-refractivity contribution >= 4 is 0 Å². The van der Waals surface area contributed by atoms with Gasteiger partial charge in [0.1, 0.15) is 5.76 Å². The monoisotopic (exact) mass is 353 g/mol. The van der Waals surface area contributed by atoms with Crippen molar-refractivity contribution in [1.82, 2.24) is 9.88 Å². The predicted octanol–water partition coefficient (Wildman–Crippen LogP) is 3.00. The summed E-state index contributed by atoms with van der Waals surface area (Å²) in [4.78, 5) is 7.15. The van der Waals surface area contributed by atoms with Crippen LogP contribution in [0.4, 0.5) is 0 Å². The van der Waals surface area contributed by atoms with Crippen molar-refractivity contribution < 1.29 is 9.47 Å². The molecule has 0 spiro atoms. The fourth-order valence-corrected chi connectivity index (χ4v) is 4.33. The zero-order chi connectivity index (χ0) is 18.3. The molecule has 1 aliphatic carbocycles. The molecule has 138 valence electrons. The number of hydrogen-bond acceptors (Lipinski definition) is 5. The average Bonchev–Trinajstić information content (AvgIpc) is 2.67. The first-order valence-corrected chi connectivity index (χ1v) is 9.28. The largest absolute Gasteiger partial charge is 0.497 e. The van der Waals surface area contributed by atoms with Gasteiger partial charge in [0, 0.05) is 55.5 Å². The zero-order valence-electron chi connectivity index (χ0n) is 15.8. The lowest BCUT2D eigenvalue weighted by Gasteiger charge is -2.45. The molecule has 0 bridgehead atoms. The van der Waals surface area contributed by atoms with Crippen LogP contribution in [0.3, 0.4) is 0 Å². The molecule has 0 saturated carbocycles. The van der Waals surface area contributed by atoms with Gasteiger partial charge in [-0.25, -0.2) is 0 Å². The summed E-state index contributed by atoms with van der Waals surface area (Å²) in [6, 6.07) is 4.34. The molecular weight excluding hydrogens is 326 g/mol. The van der Waals surface area contributed by atoms with E-state index in [1.54, 1.807) is 14.2 Å². The summed E-state index contributed by atoms with van der Waals surface area (Å²) < 4.78 is 11.1. The van der Waals surface area contributed by atoms with Crippen LogP contribution in [0.5, 0.6) is 0 Å². The van der Waals surface area contributed by atoms with Crippen molar-refractivity contribution in [2.45, 2.75) is 38.1 Å². The fourth-order valence-electron chi connectivity index (χ4n) is 4.33. The Bertz CT molecular complexity index is 792. The van der Waals surface area contributed by atoms with E-state index in [2.05, 4.69) is 35.0 Å². The highest BCUT2D eigenvalue weighted by Crippen LogP contribution is 2.42. The van der Waals surface area contributed by atoms with Gasteiger partial charge in [-0.15, -0.1) is 0 Å². The van der Waals surface area contributed by atoms with Gasteiger partial charge in [-0.3, -0.25) is 4.98 Å². The lowest BCUT2D eigenvalue weighted by Crippen LogP contribution is -2.47. The Kier molecular flexibility index (Phi) is 4.49. The predicted molar refractivity (Wildman–Crippen MR) is 101 cm³/mol. The van der Waals surface area contributed by atoms with Crippen molar-refractivity contribution in [3.8, 4) is 0 Å². The summed E-state index contributed by atoms with van der Waals surface area (Å²) in [5.41, 5.74) is 13.0. The number of nitrogens with two attached hydrogens (primary N) is 1. The number of allylic oxidation sites excluding steroid dienone is 2. The minimum Gasteiger partial charge on any atom is -0.497 e. The number of pyridine rings is 1. The first kappa shape index (κ1) is 17.2. The van der Waals surface area contributed by atoms with Crippen molar-refractivity contribution in [1.29, 1.82) is 0 Å². The lowest BCUT2D eigenvalue weighted by molar-refractivity contribution is 0.210. The summed E-state index contributed by atoms with van der Waals surface area (Å²) in [6.07, 6.45) is 6.78. The molecule has 3 heterocycles. The number of aromatic nitrogens is 1. The Morgan fingerprint density at radius 3 is 2.77 bits per heavy atom. The van der Waals surface area contributed by atoms with Crippen molar-refractivity contribution in [3.05, 3.63) is 64.0 Å². The van der Waals surface area contributed by atoms with E-state index in [1.807, 2.05) is 6.20 Å². The Hall–Kier alpha value is -2.27. The van der Waals surface area contributed by atoms with Crippen molar-refractivity contribution in [2.75, 3.05) is 27.3 Å². The molecule has 0 radical (unpaired) electrons. The number of nitrogens with zero attached hydrogens (tertiary/aromatic N) is 2. The first-order valence-electron chi connectivity index (χ1n) is 9.28. The Morgan fingerprint density at radius 2 is 2.08 bits per heavy atom. The molecule has 26 heavy (non-hydrogen) atoms. The van der Waals surface area contributed by atoms with Gasteiger partial charge in [0.2, 0.25) is 0 Å². The van der Waals surface area contributed by atoms with E-state index in [-0.39, 0.29) is 12.0 Å². The number of hydrogen-bond donors (Lipinski definition) is 1. The molecule has 5 nitrogen and oxygen atoms in total. The van der Waals surface area contributed by atoms with Crippen LogP contribution in [0, 0.1) is 6.92 Å². The molecule has 1 aromatic heterocycles. The third kappa shape index (κ3) is 2.90. The van der Waals surface area contributed by atoms with Gasteiger partial charge in [-0.2, -0.15) is 0 Å². The van der Waals surface area contributed by atoms with Crippen LogP contribution in [0.2, 0.25) is 0 Å². The quantitative estimate of drug-likeness (QED) is 0.905. The molecule has 1 fully saturated rings. The van der Waals surface area contributed by atoms with Crippen LogP contribution in [0.1, 0.15) is 36.4 Å². The zero-order valence-corrected chi connectivity index (χ0v) is 15.8. The van der Waals surface area contributed by atoms with Gasteiger partial charge >= 0.3 is 0 Å². The van der Waals surface area contributed by atoms with E-state index in [0.29, 0.717) is 0 Å². The highest BCUT2D eigenvalue weighted by molar-refractivity contribution is 5.48. The standard InChI is InChI=1S/C21H27N3O2/c1-13-4-5-18(23-11-13)16-12-24-7-6-14-8-20(25-2)21(26-3)9-15(14)19(24)10-17(16)22/h4-5,8,11,16-17H,6-7,9-10,12,22H2,1-3H3/t16-,17-/m1/s1. The summed E-state index contributed by atoms with van der Waals surface area (Å²) in [6.45, 7) is 4.03. The minimum absolute atomic E-state index is 0.0853. The first-order chi connectivity index (χ1) is 12.6. The minimum atomic E-state index is 0.0853. The maximum absolute atomic E-state index is 6.61. The van der Waals surface area contributed by atoms with Gasteiger partial charge in [-0.05, 0) is 42.2 Å². The summed E-state index contributed by atoms with van der Waals surface area (Å²) in [7, 11) is 3.42. The van der Waals surface area contributed by atoms with Gasteiger partial charge in [0.25, 0.3) is 0 Å². The van der Waals surface area contributed by atoms with E-state index < -0.39 is 0 Å². The lowest BCUT2D eigenvalue weighted by atomic mass is 9.80. The Balaban J connectivity index is 1.64. The van der Waals surface area contributed by atoms with Gasteiger partial charge < -0.3 is 20.1 Å². The molecule has 4 rings (SSSR count). The molecule has 0 amide bonds. The average molecular weight is 353 g/mol. The number of fused-ring (bicyclic) bond motifs is 2. The summed E-state index contributed by atoms with van der Waals surface area (Å²) in [5, 5.41) is 0. The maximum atomic E-state index is 6.61. The van der Waals surface area contributed by atoms with Gasteiger partial charge in [0.05, 0.1) is 14.2 Å². The second-order valence-electron chi connectivity index (χ2n) is 7.40. The summed E-state index contributed by atoms with van der Waals surface area (Å²) in [5.74, 6) is 2.03. The second-order valence-corrected chi connectivity index (χ2v) is 7.40. The highest BCUT2D eigenvalue weighted by Gasteiger charge is 2.37. The van der Waals surface area contributed by atoms with E-state index in [9.17, 15) is 0 Å². The van der Waals surface area contributed by atoms with Crippen LogP contribution in [0.25, 0.3) is 0 Å². The van der Waals surface area contributed by atoms with E-state index in [4.69, 9.17) is 15.2 Å². The molecular formula is C21H27N3O2. The van der Waals surface area contributed by atoms with Crippen LogP contribution >= 0.6 is 0 Å². The SMILES string of the molecule is COC1=C(OC)CC2=C3C[C@@H](N)[C@H](c4ccc(C)cn4)CN3CCC2=C1. The molecule has 0 aromatic carbocycles. The van der Waals surface area contributed by atoms with Crippen LogP contribution in [0.15, 0.2) is 52.8 Å². The van der Waals surface area contributed by atoms with E-state index in [0.717, 1.165) is 49.6 Å². The Labute approximate surface area is 155 Å². The smallest absolute Gasteiger partial charge is 0.157 e. The molecule has 5 heteroatoms. The van der Waals surface area contributed by atoms with Crippen LogP contribution in [-0.4, -0.2) is 43.2 Å². The normalized spacial score (nSPS) is 25.5. The van der Waals surface area contributed by atoms with Gasteiger partial charge in [0.15, 0.2) is 5.76 Å². The number of aryl methyl sites for hydroxylation is 1. The second kappa shape index (κ2) is 6.80. The van der Waals surface area contributed by atoms with Crippen LogP contribution in [-0.2, 0) is 9.47 Å². The molecule has 2 N–H and O–H groups in total. The topological polar surface area (TPSA) is 60.6 Å². The highest BCUT2D eigenvalue weighted by atomic mass is 16.5. The van der Waals surface area contributed by atoms with Crippen molar-refractivity contribution in [3.63, 3.8) is 0 Å². The van der Waals surface area contributed by atoms with E-state index >= 15 is 0 Å². The molecule has 1 saturated heterocycles. The molecule has 3 aliphatic rings. The number of piperidine rings is 1. The van der Waals surface area contributed by atoms with Crippen LogP contribution < -0.4 is 5.73 Å². The Morgan fingerprint density at radius 1 is 1.23 bits per heavy atom. The summed E-state index contributed by atoms with van der Waals surface area (Å²) >= 11 is 0. The van der Waals surface area contributed by atoms with Gasteiger partial charge in [-0.1, -0.05) is 6.07 Å². The third-order valence-corrected chi connectivity index (χ3v) is 5.83. The molecule has 0 unspecified atom stereocenters. The maximum Gasteiger partial charge on any atom is 0.157 e. The number of rotatable bonds is 3. The number of ether oxygens (including phenoxy) is 2. The molecule has 2 atom stereocenters. The molecule has 2 aliphatic heterocycles. The third-order valence-electron chi connectivity index (χ3n) is 5.83. The van der Waals surface area contributed by atoms with Crippen molar-refractivity contribution in [2.24, 2.45) is 5.73 Å².